The topological polar surface area (TPSA) is 69.2 Å². The number of carbonyl (C=O) groups excluding carboxylic acids is 1. The Morgan fingerprint density at radius 2 is 2.10 bits per heavy atom. The number of aromatic nitrogens is 2. The number of aromatic hydroxyl groups is 1. The van der Waals surface area contributed by atoms with Gasteiger partial charge in [0.15, 0.2) is 0 Å². The van der Waals surface area contributed by atoms with Gasteiger partial charge >= 0.3 is 0 Å². The quantitative estimate of drug-likeness (QED) is 0.682. The maximum absolute atomic E-state index is 13.6. The number of piperidine rings is 1. The van der Waals surface area contributed by atoms with Gasteiger partial charge in [-0.15, -0.1) is 0 Å². The van der Waals surface area contributed by atoms with Crippen LogP contribution in [-0.2, 0) is 11.8 Å². The number of nitrogens with zero attached hydrogens (tertiary/aromatic N) is 2. The standard InChI is InChI=1S/C24H27N3O2/c1-4-24-9-10-27(22(29)16-6-8-19-20(11-16)26-14-25-19)21(23(24,2)3)12-15-5-7-17(28)13-18(15)24/h5-8,11,13-14,21,28H,4,9-10,12H2,1-3H3,(H,25,26). The van der Waals surface area contributed by atoms with Crippen LogP contribution in [0.2, 0.25) is 0 Å². The molecule has 2 N–H and O–H groups in total. The molecule has 29 heavy (non-hydrogen) atoms. The van der Waals surface area contributed by atoms with Gasteiger partial charge in [-0.05, 0) is 66.1 Å². The Hall–Kier alpha value is -2.82. The van der Waals surface area contributed by atoms with Crippen molar-refractivity contribution in [2.45, 2.75) is 51.5 Å². The van der Waals surface area contributed by atoms with E-state index in [0.29, 0.717) is 11.3 Å². The first-order valence-electron chi connectivity index (χ1n) is 10.4. The molecule has 0 saturated carbocycles. The van der Waals surface area contributed by atoms with E-state index in [4.69, 9.17) is 0 Å². The zero-order chi connectivity index (χ0) is 20.4. The molecular formula is C24H27N3O2. The highest BCUT2D eigenvalue weighted by Crippen LogP contribution is 2.58. The summed E-state index contributed by atoms with van der Waals surface area (Å²) in [5.41, 5.74) is 4.88. The van der Waals surface area contributed by atoms with Crippen LogP contribution in [0.15, 0.2) is 42.7 Å². The van der Waals surface area contributed by atoms with Crippen LogP contribution in [0.1, 0.15) is 55.1 Å². The van der Waals surface area contributed by atoms with Crippen LogP contribution in [0, 0.1) is 5.41 Å². The van der Waals surface area contributed by atoms with E-state index in [1.165, 1.54) is 11.1 Å². The van der Waals surface area contributed by atoms with Crippen molar-refractivity contribution in [1.29, 1.82) is 0 Å². The maximum Gasteiger partial charge on any atom is 0.254 e. The monoisotopic (exact) mass is 389 g/mol. The summed E-state index contributed by atoms with van der Waals surface area (Å²) in [6, 6.07) is 11.6. The number of H-pyrrole nitrogens is 1. The number of phenolic OH excluding ortho intramolecular Hbond substituents is 1. The second kappa shape index (κ2) is 6.09. The van der Waals surface area contributed by atoms with Gasteiger partial charge in [-0.25, -0.2) is 4.98 Å². The lowest BCUT2D eigenvalue weighted by molar-refractivity contribution is -0.0357. The second-order valence-corrected chi connectivity index (χ2v) is 9.10. The third-order valence-corrected chi connectivity index (χ3v) is 7.78. The number of likely N-dealkylation sites (tertiary alicyclic amines) is 1. The Morgan fingerprint density at radius 1 is 1.28 bits per heavy atom. The third-order valence-electron chi connectivity index (χ3n) is 7.78. The molecule has 3 aromatic rings. The van der Waals surface area contributed by atoms with Crippen molar-refractivity contribution in [3.8, 4) is 5.75 Å². The van der Waals surface area contributed by atoms with Crippen LogP contribution >= 0.6 is 0 Å². The molecule has 5 rings (SSSR count). The highest BCUT2D eigenvalue weighted by atomic mass is 16.3. The lowest BCUT2D eigenvalue weighted by atomic mass is 9.49. The van der Waals surface area contributed by atoms with E-state index >= 15 is 0 Å². The first kappa shape index (κ1) is 18.2. The van der Waals surface area contributed by atoms with Crippen LogP contribution in [-0.4, -0.2) is 38.5 Å². The van der Waals surface area contributed by atoms with Gasteiger partial charge in [-0.1, -0.05) is 26.8 Å². The Kier molecular flexibility index (Phi) is 3.83. The Balaban J connectivity index is 1.58. The fraction of sp³-hybridized carbons (Fsp3) is 0.417. The van der Waals surface area contributed by atoms with Gasteiger partial charge in [0.1, 0.15) is 5.75 Å². The average Bonchev–Trinajstić information content (AvgIpc) is 3.16. The predicted octanol–water partition coefficient (Wildman–Crippen LogP) is 4.41. The molecule has 2 atom stereocenters. The number of rotatable bonds is 2. The highest BCUT2D eigenvalue weighted by molar-refractivity contribution is 5.97. The molecule has 1 amide bonds. The van der Waals surface area contributed by atoms with Crippen molar-refractivity contribution < 1.29 is 9.90 Å². The molecule has 2 heterocycles. The van der Waals surface area contributed by atoms with E-state index in [-0.39, 0.29) is 22.8 Å². The van der Waals surface area contributed by atoms with Crippen molar-refractivity contribution in [3.05, 3.63) is 59.4 Å². The van der Waals surface area contributed by atoms with E-state index < -0.39 is 0 Å². The van der Waals surface area contributed by atoms with Gasteiger partial charge in [-0.2, -0.15) is 0 Å². The van der Waals surface area contributed by atoms with Crippen molar-refractivity contribution in [2.75, 3.05) is 6.54 Å². The molecule has 1 aliphatic heterocycles. The predicted molar refractivity (Wildman–Crippen MR) is 113 cm³/mol. The van der Waals surface area contributed by atoms with Gasteiger partial charge in [0, 0.05) is 23.6 Å². The Labute approximate surface area is 170 Å². The summed E-state index contributed by atoms with van der Waals surface area (Å²) in [5.74, 6) is 0.420. The average molecular weight is 389 g/mol. The summed E-state index contributed by atoms with van der Waals surface area (Å²) in [4.78, 5) is 23.0. The summed E-state index contributed by atoms with van der Waals surface area (Å²) >= 11 is 0. The first-order valence-corrected chi connectivity index (χ1v) is 10.4. The molecule has 150 valence electrons. The van der Waals surface area contributed by atoms with Crippen molar-refractivity contribution in [3.63, 3.8) is 0 Å². The molecule has 2 unspecified atom stereocenters. The van der Waals surface area contributed by atoms with Crippen LogP contribution in [0.4, 0.5) is 0 Å². The third kappa shape index (κ3) is 2.39. The number of hydrogen-bond donors (Lipinski definition) is 2. The highest BCUT2D eigenvalue weighted by Gasteiger charge is 2.58. The zero-order valence-electron chi connectivity index (χ0n) is 17.2. The van der Waals surface area contributed by atoms with Crippen molar-refractivity contribution in [2.24, 2.45) is 5.41 Å². The second-order valence-electron chi connectivity index (χ2n) is 9.10. The van der Waals surface area contributed by atoms with Crippen LogP contribution in [0.5, 0.6) is 5.75 Å². The molecule has 0 radical (unpaired) electrons. The van der Waals surface area contributed by atoms with E-state index in [0.717, 1.165) is 36.8 Å². The molecule has 2 aliphatic rings. The molecule has 1 saturated heterocycles. The first-order chi connectivity index (χ1) is 13.9. The molecule has 2 bridgehead atoms. The summed E-state index contributed by atoms with van der Waals surface area (Å²) < 4.78 is 0. The van der Waals surface area contributed by atoms with E-state index in [1.807, 2.05) is 30.3 Å². The lowest BCUT2D eigenvalue weighted by Gasteiger charge is -2.62. The number of benzene rings is 2. The molecular weight excluding hydrogens is 362 g/mol. The minimum atomic E-state index is -0.0887. The largest absolute Gasteiger partial charge is 0.508 e. The van der Waals surface area contributed by atoms with E-state index in [9.17, 15) is 9.90 Å². The van der Waals surface area contributed by atoms with Crippen molar-refractivity contribution >= 4 is 16.9 Å². The van der Waals surface area contributed by atoms with Crippen LogP contribution in [0.25, 0.3) is 11.0 Å². The summed E-state index contributed by atoms with van der Waals surface area (Å²) in [5, 5.41) is 10.2. The molecule has 1 fully saturated rings. The van der Waals surface area contributed by atoms with E-state index in [2.05, 4.69) is 35.6 Å². The molecule has 2 aromatic carbocycles. The Morgan fingerprint density at radius 3 is 2.90 bits per heavy atom. The number of carbonyl (C=O) groups is 1. The van der Waals surface area contributed by atoms with Gasteiger partial charge in [0.05, 0.1) is 17.4 Å². The normalized spacial score (nSPS) is 25.1. The zero-order valence-corrected chi connectivity index (χ0v) is 17.2. The van der Waals surface area contributed by atoms with Gasteiger partial charge in [0.2, 0.25) is 0 Å². The summed E-state index contributed by atoms with van der Waals surface area (Å²) in [7, 11) is 0. The summed E-state index contributed by atoms with van der Waals surface area (Å²) in [6.07, 6.45) is 4.38. The number of amides is 1. The SMILES string of the molecule is CCC12CCN(C(=O)c3ccc4nc[nH]c4c3)C(Cc3ccc(O)cc31)C2(C)C. The van der Waals surface area contributed by atoms with Gasteiger partial charge in [0.25, 0.3) is 5.91 Å². The number of imidazole rings is 1. The minimum Gasteiger partial charge on any atom is -0.508 e. The molecule has 0 spiro atoms. The molecule has 5 heteroatoms. The number of hydrogen-bond acceptors (Lipinski definition) is 3. The minimum absolute atomic E-state index is 0.0336. The van der Waals surface area contributed by atoms with Crippen LogP contribution < -0.4 is 0 Å². The molecule has 5 nitrogen and oxygen atoms in total. The van der Waals surface area contributed by atoms with E-state index in [1.54, 1.807) is 12.4 Å². The summed E-state index contributed by atoms with van der Waals surface area (Å²) in [6.45, 7) is 7.57. The van der Waals surface area contributed by atoms with Crippen molar-refractivity contribution in [1.82, 2.24) is 14.9 Å². The smallest absolute Gasteiger partial charge is 0.254 e. The van der Waals surface area contributed by atoms with Crippen LogP contribution in [0.3, 0.4) is 0 Å². The fourth-order valence-electron chi connectivity index (χ4n) is 6.04. The lowest BCUT2D eigenvalue weighted by Crippen LogP contribution is -2.65. The van der Waals surface area contributed by atoms with Gasteiger partial charge in [-0.3, -0.25) is 4.79 Å². The number of phenols is 1. The molecule has 1 aromatic heterocycles. The number of fused-ring (bicyclic) bond motifs is 5. The Bertz CT molecular complexity index is 1120. The number of aromatic amines is 1. The fourth-order valence-corrected chi connectivity index (χ4v) is 6.04. The van der Waals surface area contributed by atoms with Gasteiger partial charge < -0.3 is 15.0 Å². The number of nitrogens with one attached hydrogen (secondary N) is 1. The molecule has 1 aliphatic carbocycles. The maximum atomic E-state index is 13.6.